The molecule has 0 aliphatic rings. The van der Waals surface area contributed by atoms with Crippen LogP contribution in [-0.4, -0.2) is 19.0 Å². The van der Waals surface area contributed by atoms with Crippen LogP contribution in [0, 0.1) is 0 Å². The van der Waals surface area contributed by atoms with Crippen LogP contribution in [0.25, 0.3) is 0 Å². The Morgan fingerprint density at radius 3 is 2.73 bits per heavy atom. The fraction of sp³-hybridized carbons (Fsp3) is 0.200. The summed E-state index contributed by atoms with van der Waals surface area (Å²) in [4.78, 5) is 22.6. The summed E-state index contributed by atoms with van der Waals surface area (Å²) in [7, 11) is 1.24. The van der Waals surface area contributed by atoms with Crippen molar-refractivity contribution in [3.8, 4) is 0 Å². The lowest BCUT2D eigenvalue weighted by Gasteiger charge is -2.05. The van der Waals surface area contributed by atoms with Crippen molar-refractivity contribution in [2.75, 3.05) is 7.11 Å². The molecule has 0 aliphatic heterocycles. The SMILES string of the molecule is C/C=C(\NC(=O)c1ccco1)C(=O)OC. The molecule has 0 saturated heterocycles. The van der Waals surface area contributed by atoms with Crippen LogP contribution in [0.15, 0.2) is 34.6 Å². The first-order valence-corrected chi connectivity index (χ1v) is 4.28. The van der Waals surface area contributed by atoms with Gasteiger partial charge in [-0.3, -0.25) is 4.79 Å². The van der Waals surface area contributed by atoms with Crippen molar-refractivity contribution < 1.29 is 18.7 Å². The maximum Gasteiger partial charge on any atom is 0.354 e. The Morgan fingerprint density at radius 1 is 1.53 bits per heavy atom. The molecule has 0 aromatic carbocycles. The highest BCUT2D eigenvalue weighted by Gasteiger charge is 2.14. The minimum Gasteiger partial charge on any atom is -0.464 e. The molecule has 0 atom stereocenters. The highest BCUT2D eigenvalue weighted by atomic mass is 16.5. The van der Waals surface area contributed by atoms with Gasteiger partial charge in [0.25, 0.3) is 5.91 Å². The van der Waals surface area contributed by atoms with Crippen LogP contribution in [0.3, 0.4) is 0 Å². The predicted molar refractivity (Wildman–Crippen MR) is 51.9 cm³/mol. The number of furan rings is 1. The summed E-state index contributed by atoms with van der Waals surface area (Å²) in [5, 5.41) is 2.37. The molecule has 15 heavy (non-hydrogen) atoms. The summed E-state index contributed by atoms with van der Waals surface area (Å²) in [6, 6.07) is 3.09. The lowest BCUT2D eigenvalue weighted by Crippen LogP contribution is -2.27. The van der Waals surface area contributed by atoms with Crippen LogP contribution in [0.2, 0.25) is 0 Å². The van der Waals surface area contributed by atoms with Crippen molar-refractivity contribution in [2.45, 2.75) is 6.92 Å². The number of amides is 1. The van der Waals surface area contributed by atoms with E-state index in [9.17, 15) is 9.59 Å². The van der Waals surface area contributed by atoms with Gasteiger partial charge >= 0.3 is 5.97 Å². The minimum atomic E-state index is -0.600. The second-order valence-corrected chi connectivity index (χ2v) is 2.63. The zero-order chi connectivity index (χ0) is 11.3. The Morgan fingerprint density at radius 2 is 2.27 bits per heavy atom. The Labute approximate surface area is 86.7 Å². The molecule has 1 amide bonds. The van der Waals surface area contributed by atoms with E-state index < -0.39 is 11.9 Å². The normalized spacial score (nSPS) is 10.9. The number of hydrogen-bond acceptors (Lipinski definition) is 4. The number of carbonyl (C=O) groups is 2. The van der Waals surface area contributed by atoms with Gasteiger partial charge in [0.05, 0.1) is 13.4 Å². The van der Waals surface area contributed by atoms with Gasteiger partial charge in [0.15, 0.2) is 5.76 Å². The molecule has 0 radical (unpaired) electrons. The standard InChI is InChI=1S/C10H11NO4/c1-3-7(10(13)14-2)11-9(12)8-5-4-6-15-8/h3-6H,1-2H3,(H,11,12)/b7-3-. The van der Waals surface area contributed by atoms with E-state index >= 15 is 0 Å². The Balaban J connectivity index is 2.69. The molecule has 1 N–H and O–H groups in total. The van der Waals surface area contributed by atoms with E-state index in [1.807, 2.05) is 0 Å². The summed E-state index contributed by atoms with van der Waals surface area (Å²) < 4.78 is 9.33. The van der Waals surface area contributed by atoms with Crippen LogP contribution in [0.5, 0.6) is 0 Å². The van der Waals surface area contributed by atoms with Crippen molar-refractivity contribution in [1.29, 1.82) is 0 Å². The summed E-state index contributed by atoms with van der Waals surface area (Å²) in [5.41, 5.74) is 0.0823. The number of rotatable bonds is 3. The third kappa shape index (κ3) is 2.70. The molecule has 5 nitrogen and oxygen atoms in total. The van der Waals surface area contributed by atoms with Gasteiger partial charge < -0.3 is 14.5 Å². The smallest absolute Gasteiger partial charge is 0.354 e. The highest BCUT2D eigenvalue weighted by molar-refractivity contribution is 5.99. The van der Waals surface area contributed by atoms with E-state index in [1.165, 1.54) is 25.5 Å². The molecule has 0 spiro atoms. The van der Waals surface area contributed by atoms with Gasteiger partial charge in [-0.1, -0.05) is 6.08 Å². The second kappa shape index (κ2) is 4.99. The number of nitrogens with one attached hydrogen (secondary N) is 1. The molecule has 0 saturated carbocycles. The number of carbonyl (C=O) groups excluding carboxylic acids is 2. The molecule has 5 heteroatoms. The predicted octanol–water partition coefficient (Wildman–Crippen LogP) is 1.09. The zero-order valence-electron chi connectivity index (χ0n) is 8.44. The number of ether oxygens (including phenoxy) is 1. The fourth-order valence-electron chi connectivity index (χ4n) is 0.943. The van der Waals surface area contributed by atoms with Crippen LogP contribution < -0.4 is 5.32 Å². The topological polar surface area (TPSA) is 68.5 Å². The molecule has 1 rings (SSSR count). The first-order chi connectivity index (χ1) is 7.19. The molecule has 0 fully saturated rings. The molecule has 0 unspecified atom stereocenters. The number of allylic oxidation sites excluding steroid dienone is 1. The van der Waals surface area contributed by atoms with E-state index in [0.29, 0.717) is 0 Å². The monoisotopic (exact) mass is 209 g/mol. The average Bonchev–Trinajstić information content (AvgIpc) is 2.77. The molecule has 0 aliphatic carbocycles. The minimum absolute atomic E-state index is 0.0823. The van der Waals surface area contributed by atoms with Crippen molar-refractivity contribution in [2.24, 2.45) is 0 Å². The number of esters is 1. The first kappa shape index (κ1) is 11.0. The molecular weight excluding hydrogens is 198 g/mol. The summed E-state index contributed by atoms with van der Waals surface area (Å²) in [5.74, 6) is -0.950. The van der Waals surface area contributed by atoms with Gasteiger partial charge in [0.2, 0.25) is 0 Å². The molecule has 1 aromatic heterocycles. The third-order valence-electron chi connectivity index (χ3n) is 1.69. The Bertz CT molecular complexity index is 378. The second-order valence-electron chi connectivity index (χ2n) is 2.63. The van der Waals surface area contributed by atoms with Gasteiger partial charge in [-0.05, 0) is 19.1 Å². The highest BCUT2D eigenvalue weighted by Crippen LogP contribution is 2.01. The zero-order valence-corrected chi connectivity index (χ0v) is 8.44. The lowest BCUT2D eigenvalue weighted by atomic mass is 10.3. The van der Waals surface area contributed by atoms with Crippen molar-refractivity contribution in [3.63, 3.8) is 0 Å². The van der Waals surface area contributed by atoms with Crippen LogP contribution >= 0.6 is 0 Å². The largest absolute Gasteiger partial charge is 0.464 e. The maximum absolute atomic E-state index is 11.4. The molecule has 1 aromatic rings. The summed E-state index contributed by atoms with van der Waals surface area (Å²) >= 11 is 0. The molecule has 0 bridgehead atoms. The fourth-order valence-corrected chi connectivity index (χ4v) is 0.943. The Hall–Kier alpha value is -2.04. The van der Waals surface area contributed by atoms with Crippen LogP contribution in [0.1, 0.15) is 17.5 Å². The van der Waals surface area contributed by atoms with E-state index in [2.05, 4.69) is 10.1 Å². The van der Waals surface area contributed by atoms with Crippen LogP contribution in [0.4, 0.5) is 0 Å². The first-order valence-electron chi connectivity index (χ1n) is 4.28. The van der Waals surface area contributed by atoms with Crippen molar-refractivity contribution in [1.82, 2.24) is 5.32 Å². The molecule has 1 heterocycles. The van der Waals surface area contributed by atoms with E-state index in [1.54, 1.807) is 13.0 Å². The van der Waals surface area contributed by atoms with Gasteiger partial charge in [0.1, 0.15) is 5.70 Å². The number of methoxy groups -OCH3 is 1. The van der Waals surface area contributed by atoms with E-state index in [4.69, 9.17) is 4.42 Å². The van der Waals surface area contributed by atoms with Gasteiger partial charge in [-0.15, -0.1) is 0 Å². The van der Waals surface area contributed by atoms with Crippen LogP contribution in [-0.2, 0) is 9.53 Å². The van der Waals surface area contributed by atoms with E-state index in [-0.39, 0.29) is 11.5 Å². The quantitative estimate of drug-likeness (QED) is 0.597. The Kier molecular flexibility index (Phi) is 3.68. The van der Waals surface area contributed by atoms with Gasteiger partial charge in [0, 0.05) is 0 Å². The van der Waals surface area contributed by atoms with Gasteiger partial charge in [-0.2, -0.15) is 0 Å². The average molecular weight is 209 g/mol. The molecule has 80 valence electrons. The van der Waals surface area contributed by atoms with E-state index in [0.717, 1.165) is 0 Å². The number of hydrogen-bond donors (Lipinski definition) is 1. The molecular formula is C10H11NO4. The van der Waals surface area contributed by atoms with Crippen molar-refractivity contribution >= 4 is 11.9 Å². The third-order valence-corrected chi connectivity index (χ3v) is 1.69. The summed E-state index contributed by atoms with van der Waals surface area (Å²) in [6.07, 6.45) is 2.83. The summed E-state index contributed by atoms with van der Waals surface area (Å²) in [6.45, 7) is 1.62. The van der Waals surface area contributed by atoms with Gasteiger partial charge in [-0.25, -0.2) is 4.79 Å². The lowest BCUT2D eigenvalue weighted by molar-refractivity contribution is -0.136. The maximum atomic E-state index is 11.4. The van der Waals surface area contributed by atoms with Crippen molar-refractivity contribution in [3.05, 3.63) is 35.9 Å².